The van der Waals surface area contributed by atoms with E-state index in [1.54, 1.807) is 11.9 Å². The van der Waals surface area contributed by atoms with Gasteiger partial charge in [0.05, 0.1) is 0 Å². The molecule has 2 nitrogen and oxygen atoms in total. The van der Waals surface area contributed by atoms with E-state index in [4.69, 9.17) is 5.11 Å². The summed E-state index contributed by atoms with van der Waals surface area (Å²) in [5, 5.41) is 8.67. The van der Waals surface area contributed by atoms with Crippen molar-refractivity contribution in [2.75, 3.05) is 19.4 Å². The summed E-state index contributed by atoms with van der Waals surface area (Å²) in [4.78, 5) is 0. The van der Waals surface area contributed by atoms with Crippen molar-refractivity contribution in [3.63, 3.8) is 0 Å². The second-order valence-corrected chi connectivity index (χ2v) is 4.62. The molecule has 1 unspecified atom stereocenters. The van der Waals surface area contributed by atoms with Crippen molar-refractivity contribution in [1.29, 1.82) is 0 Å². The molecule has 2 N–H and O–H groups in total. The summed E-state index contributed by atoms with van der Waals surface area (Å²) in [6.45, 7) is 3.77. The van der Waals surface area contributed by atoms with Crippen LogP contribution in [0.15, 0.2) is 0 Å². The molecule has 86 valence electrons. The highest BCUT2D eigenvalue weighted by Crippen LogP contribution is 2.14. The second kappa shape index (κ2) is 11.3. The van der Waals surface area contributed by atoms with Gasteiger partial charge < -0.3 is 5.11 Å². The molecule has 0 saturated heterocycles. The van der Waals surface area contributed by atoms with Gasteiger partial charge in [0.1, 0.15) is 0 Å². The van der Waals surface area contributed by atoms with Crippen LogP contribution in [-0.4, -0.2) is 24.5 Å². The molecule has 0 rings (SSSR count). The number of nitrogens with one attached hydrogen (secondary N) is 1. The van der Waals surface area contributed by atoms with Crippen LogP contribution in [0.3, 0.4) is 0 Å². The van der Waals surface area contributed by atoms with E-state index in [0.717, 1.165) is 18.9 Å². The largest absolute Gasteiger partial charge is 0.396 e. The van der Waals surface area contributed by atoms with E-state index >= 15 is 0 Å². The molecule has 0 aliphatic heterocycles. The highest BCUT2D eigenvalue weighted by molar-refractivity contribution is 7.96. The van der Waals surface area contributed by atoms with Crippen molar-refractivity contribution in [3.05, 3.63) is 0 Å². The molecule has 14 heavy (non-hydrogen) atoms. The van der Waals surface area contributed by atoms with Gasteiger partial charge in [-0.15, -0.1) is 0 Å². The van der Waals surface area contributed by atoms with Crippen LogP contribution in [0.2, 0.25) is 0 Å². The summed E-state index contributed by atoms with van der Waals surface area (Å²) in [6.07, 6.45) is 9.48. The second-order valence-electron chi connectivity index (χ2n) is 3.92. The number of rotatable bonds is 10. The fourth-order valence-corrected chi connectivity index (χ4v) is 1.90. The fraction of sp³-hybridized carbons (Fsp3) is 1.00. The van der Waals surface area contributed by atoms with Gasteiger partial charge in [0, 0.05) is 13.2 Å². The van der Waals surface area contributed by atoms with Crippen LogP contribution in [0.5, 0.6) is 0 Å². The van der Waals surface area contributed by atoms with E-state index in [2.05, 4.69) is 17.9 Å². The Balaban J connectivity index is 3.02. The lowest BCUT2D eigenvalue weighted by Gasteiger charge is -2.09. The Labute approximate surface area is 93.0 Å². The first-order valence-electron chi connectivity index (χ1n) is 5.68. The van der Waals surface area contributed by atoms with Gasteiger partial charge in [0.25, 0.3) is 0 Å². The van der Waals surface area contributed by atoms with Crippen LogP contribution in [0, 0.1) is 5.92 Å². The minimum atomic E-state index is 0.349. The number of hydrogen-bond acceptors (Lipinski definition) is 3. The Morgan fingerprint density at radius 3 is 2.50 bits per heavy atom. The van der Waals surface area contributed by atoms with Crippen LogP contribution in [0.1, 0.15) is 45.4 Å². The van der Waals surface area contributed by atoms with Crippen molar-refractivity contribution in [2.24, 2.45) is 5.92 Å². The summed E-state index contributed by atoms with van der Waals surface area (Å²) < 4.78 is 3.25. The maximum atomic E-state index is 8.67. The van der Waals surface area contributed by atoms with Gasteiger partial charge in [-0.1, -0.05) is 38.1 Å². The van der Waals surface area contributed by atoms with Crippen molar-refractivity contribution in [1.82, 2.24) is 4.72 Å². The average molecular weight is 219 g/mol. The molecule has 0 heterocycles. The predicted molar refractivity (Wildman–Crippen MR) is 65.5 cm³/mol. The van der Waals surface area contributed by atoms with E-state index in [9.17, 15) is 0 Å². The van der Waals surface area contributed by atoms with E-state index in [1.807, 2.05) is 0 Å². The summed E-state index contributed by atoms with van der Waals surface area (Å²) in [6, 6.07) is 0. The van der Waals surface area contributed by atoms with Gasteiger partial charge in [0.2, 0.25) is 0 Å². The van der Waals surface area contributed by atoms with Crippen molar-refractivity contribution >= 4 is 11.9 Å². The average Bonchev–Trinajstić information content (AvgIpc) is 2.20. The molecular formula is C11H25NOS. The maximum absolute atomic E-state index is 8.67. The van der Waals surface area contributed by atoms with Crippen LogP contribution in [0.25, 0.3) is 0 Å². The van der Waals surface area contributed by atoms with E-state index in [0.29, 0.717) is 6.61 Å². The Morgan fingerprint density at radius 2 is 1.86 bits per heavy atom. The number of unbranched alkanes of at least 4 members (excludes halogenated alkanes) is 2. The molecule has 0 aromatic rings. The normalized spacial score (nSPS) is 13.1. The van der Waals surface area contributed by atoms with Crippen molar-refractivity contribution in [2.45, 2.75) is 45.4 Å². The zero-order chi connectivity index (χ0) is 10.6. The van der Waals surface area contributed by atoms with Crippen molar-refractivity contribution < 1.29 is 5.11 Å². The monoisotopic (exact) mass is 219 g/mol. The number of hydrogen-bond donors (Lipinski definition) is 2. The molecule has 0 aliphatic rings. The van der Waals surface area contributed by atoms with Gasteiger partial charge in [-0.25, -0.2) is 0 Å². The van der Waals surface area contributed by atoms with Gasteiger partial charge in [-0.2, -0.15) is 0 Å². The van der Waals surface area contributed by atoms with Gasteiger partial charge in [-0.3, -0.25) is 4.72 Å². The third-order valence-corrected chi connectivity index (χ3v) is 2.97. The molecule has 0 saturated carbocycles. The molecule has 0 amide bonds. The Morgan fingerprint density at radius 1 is 1.14 bits per heavy atom. The summed E-state index contributed by atoms with van der Waals surface area (Å²) in [7, 11) is 0. The lowest BCUT2D eigenvalue weighted by atomic mass is 9.98. The maximum Gasteiger partial charge on any atom is 0.0431 e. The molecule has 3 heteroatoms. The molecule has 0 aromatic heterocycles. The number of aliphatic hydroxyl groups is 1. The molecule has 1 atom stereocenters. The Kier molecular flexibility index (Phi) is 11.6. The predicted octanol–water partition coefficient (Wildman–Crippen LogP) is 2.82. The minimum Gasteiger partial charge on any atom is -0.396 e. The standard InChI is InChI=1S/C11H25NOS/c1-11(8-6-10-13)7-4-3-5-9-12-14-2/h11-13H,3-10H2,1-2H3. The Hall–Kier alpha value is 0.270. The summed E-state index contributed by atoms with van der Waals surface area (Å²) >= 11 is 1.70. The molecule has 0 radical (unpaired) electrons. The molecule has 0 aliphatic carbocycles. The van der Waals surface area contributed by atoms with Crippen molar-refractivity contribution in [3.8, 4) is 0 Å². The quantitative estimate of drug-likeness (QED) is 0.438. The first-order chi connectivity index (χ1) is 6.81. The molecule has 0 fully saturated rings. The van der Waals surface area contributed by atoms with Crippen LogP contribution >= 0.6 is 11.9 Å². The SMILES string of the molecule is CSNCCCCCC(C)CCCO. The third-order valence-electron chi connectivity index (χ3n) is 2.48. The molecular weight excluding hydrogens is 194 g/mol. The fourth-order valence-electron chi connectivity index (χ4n) is 1.55. The topological polar surface area (TPSA) is 32.3 Å². The lowest BCUT2D eigenvalue weighted by molar-refractivity contribution is 0.270. The van der Waals surface area contributed by atoms with E-state index < -0.39 is 0 Å². The molecule has 0 spiro atoms. The first kappa shape index (κ1) is 14.3. The molecule has 0 aromatic carbocycles. The lowest BCUT2D eigenvalue weighted by Crippen LogP contribution is -2.04. The van der Waals surface area contributed by atoms with Gasteiger partial charge in [0.15, 0.2) is 0 Å². The zero-order valence-electron chi connectivity index (χ0n) is 9.59. The number of aliphatic hydroxyl groups excluding tert-OH is 1. The zero-order valence-corrected chi connectivity index (χ0v) is 10.4. The molecule has 0 bridgehead atoms. The third kappa shape index (κ3) is 10.4. The first-order valence-corrected chi connectivity index (χ1v) is 6.90. The van der Waals surface area contributed by atoms with Crippen LogP contribution in [0.4, 0.5) is 0 Å². The van der Waals surface area contributed by atoms with E-state index in [-0.39, 0.29) is 0 Å². The summed E-state index contributed by atoms with van der Waals surface area (Å²) in [5.41, 5.74) is 0. The summed E-state index contributed by atoms with van der Waals surface area (Å²) in [5.74, 6) is 0.788. The van der Waals surface area contributed by atoms with Gasteiger partial charge >= 0.3 is 0 Å². The van der Waals surface area contributed by atoms with Crippen LogP contribution in [-0.2, 0) is 0 Å². The van der Waals surface area contributed by atoms with Crippen LogP contribution < -0.4 is 4.72 Å². The highest BCUT2D eigenvalue weighted by atomic mass is 32.2. The van der Waals surface area contributed by atoms with E-state index in [1.165, 1.54) is 32.1 Å². The highest BCUT2D eigenvalue weighted by Gasteiger charge is 2.00. The van der Waals surface area contributed by atoms with Gasteiger partial charge in [-0.05, 0) is 31.4 Å². The Bertz CT molecular complexity index is 111. The minimum absolute atomic E-state index is 0.349. The smallest absolute Gasteiger partial charge is 0.0431 e.